The molecule has 0 bridgehead atoms. The third kappa shape index (κ3) is 6.32. The number of nitrogens with one attached hydrogen (secondary N) is 2. The Morgan fingerprint density at radius 2 is 1.55 bits per heavy atom. The van der Waals surface area contributed by atoms with E-state index in [1.165, 1.54) is 22.9 Å². The second-order valence-electron chi connectivity index (χ2n) is 9.62. The van der Waals surface area contributed by atoms with Gasteiger partial charge in [0.25, 0.3) is 0 Å². The van der Waals surface area contributed by atoms with Crippen molar-refractivity contribution in [3.8, 4) is 0 Å². The molecule has 0 radical (unpaired) electrons. The summed E-state index contributed by atoms with van der Waals surface area (Å²) in [5, 5.41) is 6.41. The fourth-order valence-electron chi connectivity index (χ4n) is 5.22. The molecule has 0 spiro atoms. The van der Waals surface area contributed by atoms with Gasteiger partial charge in [-0.25, -0.2) is 0 Å². The number of fused-ring (bicyclic) bond motifs is 2. The molecular weight excluding hydrogens is 581 g/mol. The fourth-order valence-corrected chi connectivity index (χ4v) is 5.45. The molecule has 2 aromatic rings. The molecule has 2 atom stereocenters. The first kappa shape index (κ1) is 30.0. The van der Waals surface area contributed by atoms with Gasteiger partial charge in [0, 0.05) is 49.2 Å². The van der Waals surface area contributed by atoms with Gasteiger partial charge in [0.05, 0.1) is 10.6 Å². The van der Waals surface area contributed by atoms with E-state index in [-0.39, 0.29) is 5.02 Å². The Labute approximate surface area is 226 Å². The molecule has 0 amide bonds. The molecule has 3 aliphatic heterocycles. The smallest absolute Gasteiger partial charge is 0.371 e. The van der Waals surface area contributed by atoms with Crippen LogP contribution in [0.1, 0.15) is 29.0 Å². The van der Waals surface area contributed by atoms with Crippen LogP contribution in [0.15, 0.2) is 30.3 Å². The van der Waals surface area contributed by atoms with Gasteiger partial charge in [0.1, 0.15) is 0 Å². The lowest BCUT2D eigenvalue weighted by atomic mass is 9.80. The van der Waals surface area contributed by atoms with Gasteiger partial charge in [0.15, 0.2) is 0 Å². The summed E-state index contributed by atoms with van der Waals surface area (Å²) in [6, 6.07) is 8.20. The van der Waals surface area contributed by atoms with Crippen LogP contribution >= 0.6 is 11.6 Å². The summed E-state index contributed by atoms with van der Waals surface area (Å²) in [4.78, 5) is 21.7. The Kier molecular flexibility index (Phi) is 8.07. The molecule has 1 fully saturated rings. The summed E-state index contributed by atoms with van der Waals surface area (Å²) in [7, 11) is 0. The molecule has 3 heterocycles. The third-order valence-corrected chi connectivity index (χ3v) is 7.21. The van der Waals surface area contributed by atoms with Crippen LogP contribution < -0.4 is 15.5 Å². The Balaban J connectivity index is 0.000000263. The molecule has 40 heavy (non-hydrogen) atoms. The van der Waals surface area contributed by atoms with E-state index in [4.69, 9.17) is 11.6 Å². The highest BCUT2D eigenvalue weighted by molar-refractivity contribution is 6.41. The zero-order valence-corrected chi connectivity index (χ0v) is 21.1. The van der Waals surface area contributed by atoms with Gasteiger partial charge in [-0.3, -0.25) is 9.59 Å². The molecule has 15 heteroatoms. The zero-order valence-electron chi connectivity index (χ0n) is 20.3. The van der Waals surface area contributed by atoms with Crippen LogP contribution in [0.4, 0.5) is 56.6 Å². The van der Waals surface area contributed by atoms with Gasteiger partial charge in [-0.1, -0.05) is 11.6 Å². The Morgan fingerprint density at radius 3 is 2.15 bits per heavy atom. The van der Waals surface area contributed by atoms with Crippen molar-refractivity contribution in [2.24, 2.45) is 5.92 Å². The number of carbonyl (C=O) groups is 2. The number of hydrogen-bond donors (Lipinski definition) is 2. The van der Waals surface area contributed by atoms with Crippen molar-refractivity contribution in [3.05, 3.63) is 52.0 Å². The van der Waals surface area contributed by atoms with Crippen molar-refractivity contribution in [1.82, 2.24) is 5.32 Å². The maximum Gasteiger partial charge on any atom is 0.458 e. The Bertz CT molecular complexity index is 1280. The van der Waals surface area contributed by atoms with Gasteiger partial charge in [-0.15, -0.1) is 0 Å². The van der Waals surface area contributed by atoms with Crippen LogP contribution in [0.25, 0.3) is 0 Å². The molecule has 2 N–H and O–H groups in total. The molecule has 1 saturated heterocycles. The van der Waals surface area contributed by atoms with E-state index in [2.05, 4.69) is 27.7 Å². The number of halogens is 10. The number of hydrogen-bond acceptors (Lipinski definition) is 5. The van der Waals surface area contributed by atoms with Crippen LogP contribution in [0.2, 0.25) is 5.02 Å². The quantitative estimate of drug-likeness (QED) is 0.314. The predicted octanol–water partition coefficient (Wildman–Crippen LogP) is 6.42. The summed E-state index contributed by atoms with van der Waals surface area (Å²) >= 11 is 5.75. The largest absolute Gasteiger partial charge is 0.458 e. The highest BCUT2D eigenvalue weighted by atomic mass is 35.5. The first-order valence-corrected chi connectivity index (χ1v) is 12.3. The van der Waals surface area contributed by atoms with E-state index in [9.17, 15) is 49.1 Å². The first-order valence-electron chi connectivity index (χ1n) is 12.0. The van der Waals surface area contributed by atoms with Crippen molar-refractivity contribution in [2.75, 3.05) is 36.4 Å². The van der Waals surface area contributed by atoms with E-state index in [0.29, 0.717) is 17.5 Å². The minimum atomic E-state index is -5.77. The summed E-state index contributed by atoms with van der Waals surface area (Å²) in [5.41, 5.74) is 4.40. The van der Waals surface area contributed by atoms with Crippen LogP contribution in [-0.4, -0.2) is 50.1 Å². The number of anilines is 3. The van der Waals surface area contributed by atoms with Crippen molar-refractivity contribution in [2.45, 2.75) is 37.3 Å². The first-order chi connectivity index (χ1) is 18.5. The average molecular weight is 602 g/mol. The Morgan fingerprint density at radius 1 is 0.900 bits per heavy atom. The lowest BCUT2D eigenvalue weighted by Crippen LogP contribution is -2.41. The third-order valence-electron chi connectivity index (χ3n) is 6.88. The Hall–Kier alpha value is -3.00. The lowest BCUT2D eigenvalue weighted by Gasteiger charge is -2.42. The second-order valence-corrected chi connectivity index (χ2v) is 10.0. The van der Waals surface area contributed by atoms with Crippen molar-refractivity contribution >= 4 is 40.2 Å². The molecular formula is C25H21ClF9N3O2. The van der Waals surface area contributed by atoms with E-state index >= 15 is 0 Å². The van der Waals surface area contributed by atoms with Gasteiger partial charge < -0.3 is 15.5 Å². The molecule has 218 valence electrons. The van der Waals surface area contributed by atoms with Crippen molar-refractivity contribution in [1.29, 1.82) is 0 Å². The monoisotopic (exact) mass is 601 g/mol. The SMILES string of the molecule is FC(F)(F)c1cc(Nc2cc3c4c(c2)[C@@H]2CNC[C@@H]2CN4CCC3)ccc1Cl.O=C(C(=O)C(F)(F)F)C(F)(F)F. The van der Waals surface area contributed by atoms with E-state index < -0.39 is 35.7 Å². The predicted molar refractivity (Wildman–Crippen MR) is 128 cm³/mol. The summed E-state index contributed by atoms with van der Waals surface area (Å²) in [6.07, 6.45) is -13.9. The fraction of sp³-hybridized carbons (Fsp3) is 0.440. The molecule has 0 saturated carbocycles. The highest BCUT2D eigenvalue weighted by Crippen LogP contribution is 2.46. The molecule has 2 aromatic carbocycles. The highest BCUT2D eigenvalue weighted by Gasteiger charge is 2.54. The van der Waals surface area contributed by atoms with Gasteiger partial charge in [-0.2, -0.15) is 39.5 Å². The normalized spacial score (nSPS) is 20.2. The number of alkyl halides is 9. The number of benzene rings is 2. The number of rotatable bonds is 3. The molecule has 5 rings (SSSR count). The number of carbonyl (C=O) groups excluding carboxylic acids is 2. The van der Waals surface area contributed by atoms with E-state index in [1.807, 2.05) is 0 Å². The molecule has 3 aliphatic rings. The number of aryl methyl sites for hydroxylation is 1. The van der Waals surface area contributed by atoms with Gasteiger partial charge >= 0.3 is 30.1 Å². The molecule has 0 aliphatic carbocycles. The van der Waals surface area contributed by atoms with Crippen LogP contribution in [0.3, 0.4) is 0 Å². The molecule has 0 unspecified atom stereocenters. The van der Waals surface area contributed by atoms with Gasteiger partial charge in [0.2, 0.25) is 0 Å². The lowest BCUT2D eigenvalue weighted by molar-refractivity contribution is -0.193. The van der Waals surface area contributed by atoms with E-state index in [1.54, 1.807) is 6.07 Å². The second kappa shape index (κ2) is 10.8. The molecule has 5 nitrogen and oxygen atoms in total. The standard InChI is InChI=1S/C21H21ClF3N3.C4F6O2/c22-19-4-3-14(8-18(19)21(23,24)25)27-15-6-12-2-1-5-28-11-13-9-26-10-17(13)16(7-15)20(12)28;5-3(6,7)1(11)2(12)4(8,9)10/h3-4,6-8,13,17,26-27H,1-2,5,9-11H2;/t13-,17-;/m1./s1. The topological polar surface area (TPSA) is 61.4 Å². The summed E-state index contributed by atoms with van der Waals surface area (Å²) in [5.74, 6) is -5.74. The minimum absolute atomic E-state index is 0.283. The number of nitrogens with zero attached hydrogens (tertiary/aromatic N) is 1. The van der Waals surface area contributed by atoms with Crippen LogP contribution in [-0.2, 0) is 22.2 Å². The average Bonchev–Trinajstić information content (AvgIpc) is 3.32. The van der Waals surface area contributed by atoms with E-state index in [0.717, 1.165) is 50.8 Å². The van der Waals surface area contributed by atoms with Crippen LogP contribution in [0, 0.1) is 5.92 Å². The van der Waals surface area contributed by atoms with Crippen molar-refractivity contribution < 1.29 is 49.1 Å². The van der Waals surface area contributed by atoms with Crippen LogP contribution in [0.5, 0.6) is 0 Å². The maximum absolute atomic E-state index is 13.2. The number of ketones is 2. The summed E-state index contributed by atoms with van der Waals surface area (Å²) in [6.45, 7) is 4.17. The number of Topliss-reactive ketones (excluding diaryl/α,β-unsaturated/α-hetero) is 2. The minimum Gasteiger partial charge on any atom is -0.371 e. The maximum atomic E-state index is 13.2. The molecule has 0 aromatic heterocycles. The zero-order chi connectivity index (χ0) is 29.6. The van der Waals surface area contributed by atoms with Gasteiger partial charge in [-0.05, 0) is 60.2 Å². The summed E-state index contributed by atoms with van der Waals surface area (Å²) < 4.78 is 107. The van der Waals surface area contributed by atoms with Crippen molar-refractivity contribution in [3.63, 3.8) is 0 Å².